The van der Waals surface area contributed by atoms with Crippen LogP contribution >= 0.6 is 11.8 Å². The molecule has 11 atom stereocenters. The molecule has 22 N–H and O–H groups in total. The predicted octanol–water partition coefficient (Wildman–Crippen LogP) is -2.24. The molecule has 4 rings (SSSR count). The number of guanidine groups is 1. The van der Waals surface area contributed by atoms with E-state index in [2.05, 4.69) is 57.2 Å². The minimum Gasteiger partial charge on any atom is -0.481 e. The van der Waals surface area contributed by atoms with Gasteiger partial charge in [-0.25, -0.2) is 9.79 Å². The number of primary amides is 2. The average Bonchev–Trinajstić information content (AvgIpc) is 1.64. The summed E-state index contributed by atoms with van der Waals surface area (Å²) < 4.78 is 0. The van der Waals surface area contributed by atoms with Gasteiger partial charge in [0.2, 0.25) is 53.2 Å². The van der Waals surface area contributed by atoms with Crippen molar-refractivity contribution in [3.8, 4) is 0 Å². The number of thioether (sulfide) groups is 1. The fourth-order valence-electron chi connectivity index (χ4n) is 10.9. The Morgan fingerprint density at radius 2 is 1.24 bits per heavy atom. The van der Waals surface area contributed by atoms with Crippen molar-refractivity contribution in [2.45, 2.75) is 187 Å². The first-order chi connectivity index (χ1) is 45.0. The predicted molar refractivity (Wildman–Crippen MR) is 357 cm³/mol. The van der Waals surface area contributed by atoms with E-state index in [1.54, 1.807) is 59.8 Å². The maximum Gasteiger partial charge on any atom is 0.326 e. The van der Waals surface area contributed by atoms with E-state index in [4.69, 9.17) is 28.7 Å². The summed E-state index contributed by atoms with van der Waals surface area (Å²) >= 11 is 1.15. The molecule has 526 valence electrons. The molecular weight excluding hydrogens is 1270 g/mol. The van der Waals surface area contributed by atoms with Crippen molar-refractivity contribution >= 4 is 119 Å². The molecule has 2 aliphatic rings. The number of aliphatic imine (C=N–C) groups is 2. The molecule has 2 aliphatic heterocycles. The van der Waals surface area contributed by atoms with Gasteiger partial charge in [-0.2, -0.15) is 11.8 Å². The number of allylic oxidation sites excluding steroid dienone is 2. The minimum atomic E-state index is -1.52. The van der Waals surface area contributed by atoms with Crippen LogP contribution in [0.5, 0.6) is 0 Å². The van der Waals surface area contributed by atoms with Crippen LogP contribution in [0.1, 0.15) is 147 Å². The summed E-state index contributed by atoms with van der Waals surface area (Å²) in [6, 6.07) is -10.1. The summed E-state index contributed by atoms with van der Waals surface area (Å²) in [6.07, 6.45) is 4.44. The number of carbonyl (C=O) groups excluding carboxylic acids is 10. The molecule has 1 fully saturated rings. The van der Waals surface area contributed by atoms with E-state index >= 15 is 0 Å². The van der Waals surface area contributed by atoms with E-state index in [9.17, 15) is 77.6 Å². The van der Waals surface area contributed by atoms with E-state index in [0.29, 0.717) is 79.7 Å². The van der Waals surface area contributed by atoms with Gasteiger partial charge in [0, 0.05) is 82.0 Å². The third-order valence-electron chi connectivity index (χ3n) is 16.8. The lowest BCUT2D eigenvalue weighted by molar-refractivity contribution is -0.143. The van der Waals surface area contributed by atoms with Crippen molar-refractivity contribution in [2.75, 3.05) is 12.3 Å². The standard InChI is InChI=1S/C63H92N16O16S/c1-11-27(3)53(61(93)75-40(62(94)95)14-13-21-69-63(67)68)79-60(92)47(78-56(88)33(9)70-55(87)32(8)71-59(91)39(17-18-48(65)80)74-58(90)38(64)22-49(66)81)26-96-34(10)52-31(7)54(86)77-46(52)24-42-30(6)37(16-20-51(84)85)45(73-42)25-44-36(15-19-50(82)83)29(5)41(72-44)23-43-28(4)35(12-2)57(89)76-43/h23-25,27,31-34,38-40,47,52-53,72-73H,11-22,26,64H2,1-10H3,(H2,65,80)(H2,66,81)(H,70,87)(H,71,91)(H,74,90)(H,75,93)(H,77,86)(H,78,88)(H,79,92)(H,82,83)(H,84,85)(H,94,95)(H4,67,68,69). The highest BCUT2D eigenvalue weighted by Gasteiger charge is 2.41. The van der Waals surface area contributed by atoms with Gasteiger partial charge in [0.25, 0.3) is 5.91 Å². The number of hydrogen-bond donors (Lipinski definition) is 17. The van der Waals surface area contributed by atoms with Crippen LogP contribution in [0.25, 0.3) is 18.2 Å². The molecule has 0 spiro atoms. The number of carboxylic acid groups (broad SMARTS) is 3. The lowest BCUT2D eigenvalue weighted by Gasteiger charge is -2.29. The summed E-state index contributed by atoms with van der Waals surface area (Å²) in [7, 11) is 0. The van der Waals surface area contributed by atoms with E-state index in [0.717, 1.165) is 11.8 Å². The van der Waals surface area contributed by atoms with Gasteiger partial charge in [-0.1, -0.05) is 41.0 Å². The van der Waals surface area contributed by atoms with Crippen LogP contribution in [0, 0.1) is 31.6 Å². The zero-order valence-electron chi connectivity index (χ0n) is 55.6. The number of nitrogens with two attached hydrogens (primary N) is 5. The van der Waals surface area contributed by atoms with Crippen LogP contribution in [0.4, 0.5) is 0 Å². The minimum absolute atomic E-state index is 0.0587. The monoisotopic (exact) mass is 1360 g/mol. The molecule has 0 saturated carbocycles. The number of aromatic amines is 2. The fraction of sp³-hybridized carbons (Fsp3) is 0.540. The average molecular weight is 1360 g/mol. The Balaban J connectivity index is 1.75. The van der Waals surface area contributed by atoms with Gasteiger partial charge in [0.05, 0.1) is 18.2 Å². The molecular formula is C63H92N16O16S. The molecule has 11 unspecified atom stereocenters. The molecule has 2 aromatic heterocycles. The van der Waals surface area contributed by atoms with Crippen molar-refractivity contribution in [1.82, 2.24) is 47.2 Å². The molecule has 33 heteroatoms. The lowest BCUT2D eigenvalue weighted by Crippen LogP contribution is -2.60. The van der Waals surface area contributed by atoms with Crippen LogP contribution in [-0.4, -0.2) is 174 Å². The molecule has 4 heterocycles. The molecule has 10 amide bonds. The number of carboxylic acids is 3. The van der Waals surface area contributed by atoms with Gasteiger partial charge in [-0.15, -0.1) is 0 Å². The summed E-state index contributed by atoms with van der Waals surface area (Å²) in [6.45, 7) is 16.7. The van der Waals surface area contributed by atoms with E-state index < -0.39 is 143 Å². The maximum absolute atomic E-state index is 14.7. The first-order valence-electron chi connectivity index (χ1n) is 31.5. The molecule has 0 radical (unpaired) electrons. The molecule has 1 saturated heterocycles. The van der Waals surface area contributed by atoms with Crippen molar-refractivity contribution in [3.05, 3.63) is 61.2 Å². The Hall–Kier alpha value is -9.66. The van der Waals surface area contributed by atoms with Crippen LogP contribution in [0.15, 0.2) is 26.8 Å². The highest BCUT2D eigenvalue weighted by molar-refractivity contribution is 8.00. The third-order valence-corrected chi connectivity index (χ3v) is 18.1. The Bertz CT molecular complexity index is 3590. The lowest BCUT2D eigenvalue weighted by atomic mass is 9.91. The zero-order valence-corrected chi connectivity index (χ0v) is 56.4. The second kappa shape index (κ2) is 36.3. The number of aromatic nitrogens is 2. The smallest absolute Gasteiger partial charge is 0.326 e. The number of aliphatic carboxylic acids is 3. The van der Waals surface area contributed by atoms with Gasteiger partial charge in [-0.05, 0) is 125 Å². The Morgan fingerprint density at radius 3 is 1.80 bits per heavy atom. The first-order valence-corrected chi connectivity index (χ1v) is 32.5. The van der Waals surface area contributed by atoms with Crippen molar-refractivity contribution in [3.63, 3.8) is 0 Å². The number of H-pyrrole nitrogens is 2. The number of nitrogens with one attached hydrogen (secondary N) is 9. The van der Waals surface area contributed by atoms with Crippen LogP contribution in [0.3, 0.4) is 0 Å². The topological polar surface area (TPSA) is 553 Å². The number of carbonyl (C=O) groups is 13. The summed E-state index contributed by atoms with van der Waals surface area (Å²) in [5.74, 6) is -13.9. The van der Waals surface area contributed by atoms with Crippen LogP contribution in [0.2, 0.25) is 0 Å². The van der Waals surface area contributed by atoms with Crippen molar-refractivity contribution in [2.24, 2.45) is 56.4 Å². The Labute approximate surface area is 558 Å². The summed E-state index contributed by atoms with van der Waals surface area (Å²) in [5.41, 5.74) is 32.8. The Morgan fingerprint density at radius 1 is 0.656 bits per heavy atom. The number of rotatable bonds is 38. The highest BCUT2D eigenvalue weighted by Crippen LogP contribution is 2.37. The first kappa shape index (κ1) is 78.8. The van der Waals surface area contributed by atoms with Gasteiger partial charge in [0.1, 0.15) is 36.3 Å². The molecule has 0 aromatic carbocycles. The maximum atomic E-state index is 14.7. The quantitative estimate of drug-likeness (QED) is 0.0192. The van der Waals surface area contributed by atoms with Gasteiger partial charge in [0.15, 0.2) is 5.96 Å². The third kappa shape index (κ3) is 22.5. The fourth-order valence-corrected chi connectivity index (χ4v) is 12.2. The second-order valence-corrected chi connectivity index (χ2v) is 25.4. The van der Waals surface area contributed by atoms with Gasteiger partial charge < -0.3 is 91.2 Å². The number of amides is 10. The molecule has 2 aromatic rings. The van der Waals surface area contributed by atoms with Crippen LogP contribution in [-0.2, 0) is 75.2 Å². The number of nitrogens with zero attached hydrogens (tertiary/aromatic N) is 2. The normalized spacial score (nSPS) is 18.2. The van der Waals surface area contributed by atoms with Crippen molar-refractivity contribution < 1.29 is 77.6 Å². The highest BCUT2D eigenvalue weighted by atomic mass is 32.2. The zero-order chi connectivity index (χ0) is 72.2. The van der Waals surface area contributed by atoms with E-state index in [1.165, 1.54) is 13.8 Å². The molecule has 32 nitrogen and oxygen atoms in total. The largest absolute Gasteiger partial charge is 0.481 e. The van der Waals surface area contributed by atoms with Gasteiger partial charge in [-0.3, -0.25) is 62.5 Å². The number of hydrogen-bond acceptors (Lipinski definition) is 16. The van der Waals surface area contributed by atoms with Gasteiger partial charge >= 0.3 is 17.9 Å². The van der Waals surface area contributed by atoms with E-state index in [1.807, 2.05) is 13.8 Å². The van der Waals surface area contributed by atoms with Crippen LogP contribution < -0.4 is 76.6 Å². The van der Waals surface area contributed by atoms with E-state index in [-0.39, 0.29) is 75.0 Å². The molecule has 0 aliphatic carbocycles. The van der Waals surface area contributed by atoms with Crippen molar-refractivity contribution in [1.29, 1.82) is 0 Å². The summed E-state index contributed by atoms with van der Waals surface area (Å²) in [4.78, 5) is 184. The second-order valence-electron chi connectivity index (χ2n) is 24.0. The molecule has 0 bridgehead atoms. The summed E-state index contributed by atoms with van der Waals surface area (Å²) in [5, 5.41) is 48.2. The molecule has 96 heavy (non-hydrogen) atoms. The SMILES string of the molecule is CCC1=C(C)C(C=c2[nH]c(=Cc3[nH]c(C=C4NC(=O)C(C)C4C(C)SCC(NC(=O)C(C)NC(=O)C(C)NC(=O)C(CCC(N)=O)NC(=O)C(N)CC(N)=O)C(=O)NC(C(=O)NC(CCCN=C(N)N)C(=O)O)C(C)CC)c(C)c3CCC(=O)O)c(CCC(=O)O)c2C)=NC1=O. The Kier molecular flexibility index (Phi) is 29.8.